The minimum atomic E-state index is -0.0413. The number of halogens is 1. The van der Waals surface area contributed by atoms with Crippen molar-refractivity contribution in [3.05, 3.63) is 64.1 Å². The van der Waals surface area contributed by atoms with Gasteiger partial charge < -0.3 is 14.8 Å². The maximum Gasteiger partial charge on any atom is 0.224 e. The normalized spacial score (nSPS) is 10.5. The number of aromatic nitrogens is 1. The molecule has 0 saturated carbocycles. The molecule has 7 heteroatoms. The molecule has 0 aliphatic carbocycles. The first-order chi connectivity index (χ1) is 13.6. The summed E-state index contributed by atoms with van der Waals surface area (Å²) in [5.74, 6) is 1.22. The number of amides is 1. The van der Waals surface area contributed by atoms with Crippen LogP contribution >= 0.6 is 22.9 Å². The summed E-state index contributed by atoms with van der Waals surface area (Å²) < 4.78 is 10.5. The molecule has 0 aliphatic rings. The highest BCUT2D eigenvalue weighted by Crippen LogP contribution is 2.28. The lowest BCUT2D eigenvalue weighted by atomic mass is 10.1. The number of thiazole rings is 1. The SMILES string of the molecule is COc1ccc(CC(=O)NCCc2csc(-c3ccc(Cl)cc3)n2)cc1OC. The summed E-state index contributed by atoms with van der Waals surface area (Å²) in [6, 6.07) is 13.1. The van der Waals surface area contributed by atoms with Crippen molar-refractivity contribution >= 4 is 28.8 Å². The van der Waals surface area contributed by atoms with Crippen LogP contribution in [0.3, 0.4) is 0 Å². The number of ether oxygens (including phenoxy) is 2. The van der Waals surface area contributed by atoms with Gasteiger partial charge in [-0.05, 0) is 29.8 Å². The molecule has 0 saturated heterocycles. The van der Waals surface area contributed by atoms with Gasteiger partial charge in [-0.2, -0.15) is 0 Å². The van der Waals surface area contributed by atoms with Crippen LogP contribution in [-0.4, -0.2) is 31.7 Å². The molecular formula is C21H21ClN2O3S. The molecule has 2 aromatic carbocycles. The quantitative estimate of drug-likeness (QED) is 0.591. The Labute approximate surface area is 173 Å². The van der Waals surface area contributed by atoms with Crippen LogP contribution in [0.15, 0.2) is 47.8 Å². The zero-order chi connectivity index (χ0) is 19.9. The van der Waals surface area contributed by atoms with E-state index < -0.39 is 0 Å². The molecule has 1 N–H and O–H groups in total. The Morgan fingerprint density at radius 3 is 2.57 bits per heavy atom. The molecule has 5 nitrogen and oxygen atoms in total. The maximum absolute atomic E-state index is 12.2. The summed E-state index contributed by atoms with van der Waals surface area (Å²) in [7, 11) is 3.16. The highest BCUT2D eigenvalue weighted by molar-refractivity contribution is 7.13. The van der Waals surface area contributed by atoms with Crippen LogP contribution in [0.5, 0.6) is 11.5 Å². The zero-order valence-corrected chi connectivity index (χ0v) is 17.3. The fraction of sp³-hybridized carbons (Fsp3) is 0.238. The lowest BCUT2D eigenvalue weighted by Gasteiger charge is -2.09. The first kappa shape index (κ1) is 20.2. The van der Waals surface area contributed by atoms with E-state index in [4.69, 9.17) is 21.1 Å². The number of methoxy groups -OCH3 is 2. The summed E-state index contributed by atoms with van der Waals surface area (Å²) in [5, 5.41) is 6.61. The molecular weight excluding hydrogens is 396 g/mol. The molecule has 0 unspecified atom stereocenters. The first-order valence-corrected chi connectivity index (χ1v) is 10.0. The Morgan fingerprint density at radius 2 is 1.86 bits per heavy atom. The zero-order valence-electron chi connectivity index (χ0n) is 15.7. The smallest absolute Gasteiger partial charge is 0.224 e. The molecule has 3 rings (SSSR count). The van der Waals surface area contributed by atoms with Gasteiger partial charge in [-0.1, -0.05) is 29.8 Å². The van der Waals surface area contributed by atoms with E-state index in [1.807, 2.05) is 41.8 Å². The van der Waals surface area contributed by atoms with Crippen molar-refractivity contribution in [1.82, 2.24) is 10.3 Å². The Kier molecular flexibility index (Phi) is 6.90. The Morgan fingerprint density at radius 1 is 1.11 bits per heavy atom. The number of nitrogens with zero attached hydrogens (tertiary/aromatic N) is 1. The number of benzene rings is 2. The third-order valence-electron chi connectivity index (χ3n) is 4.16. The van der Waals surface area contributed by atoms with Crippen molar-refractivity contribution in [3.63, 3.8) is 0 Å². The Balaban J connectivity index is 1.50. The molecule has 0 bridgehead atoms. The second-order valence-corrected chi connectivity index (χ2v) is 7.41. The molecule has 1 aromatic heterocycles. The minimum Gasteiger partial charge on any atom is -0.493 e. The van der Waals surface area contributed by atoms with E-state index in [9.17, 15) is 4.79 Å². The first-order valence-electron chi connectivity index (χ1n) is 8.77. The standard InChI is InChI=1S/C21H21ClN2O3S/c1-26-18-8-3-14(11-19(18)27-2)12-20(25)23-10-9-17-13-28-21(24-17)15-4-6-16(22)7-5-15/h3-8,11,13H,9-10,12H2,1-2H3,(H,23,25). The highest BCUT2D eigenvalue weighted by Gasteiger charge is 2.09. The molecule has 28 heavy (non-hydrogen) atoms. The van der Waals surface area contributed by atoms with E-state index in [0.29, 0.717) is 29.5 Å². The van der Waals surface area contributed by atoms with Crippen molar-refractivity contribution in [2.45, 2.75) is 12.8 Å². The average molecular weight is 417 g/mol. The molecule has 1 amide bonds. The van der Waals surface area contributed by atoms with Gasteiger partial charge in [0.05, 0.1) is 26.3 Å². The van der Waals surface area contributed by atoms with E-state index in [1.54, 1.807) is 31.6 Å². The van der Waals surface area contributed by atoms with E-state index >= 15 is 0 Å². The van der Waals surface area contributed by atoms with Crippen LogP contribution < -0.4 is 14.8 Å². The number of carbonyl (C=O) groups excluding carboxylic acids is 1. The molecule has 3 aromatic rings. The van der Waals surface area contributed by atoms with Gasteiger partial charge in [0.15, 0.2) is 11.5 Å². The lowest BCUT2D eigenvalue weighted by molar-refractivity contribution is -0.120. The van der Waals surface area contributed by atoms with Gasteiger partial charge in [0, 0.05) is 28.9 Å². The summed E-state index contributed by atoms with van der Waals surface area (Å²) in [6.07, 6.45) is 0.967. The molecule has 0 radical (unpaired) electrons. The third-order valence-corrected chi connectivity index (χ3v) is 5.35. The van der Waals surface area contributed by atoms with Gasteiger partial charge in [-0.3, -0.25) is 4.79 Å². The van der Waals surface area contributed by atoms with Crippen molar-refractivity contribution in [2.24, 2.45) is 0 Å². The summed E-state index contributed by atoms with van der Waals surface area (Å²) in [5.41, 5.74) is 2.87. The summed E-state index contributed by atoms with van der Waals surface area (Å²) >= 11 is 7.51. The number of rotatable bonds is 8. The van der Waals surface area contributed by atoms with Gasteiger partial charge >= 0.3 is 0 Å². The second kappa shape index (κ2) is 9.57. The van der Waals surface area contributed by atoms with Crippen LogP contribution in [0.1, 0.15) is 11.3 Å². The van der Waals surface area contributed by atoms with Crippen molar-refractivity contribution < 1.29 is 14.3 Å². The van der Waals surface area contributed by atoms with Crippen LogP contribution in [0, 0.1) is 0 Å². The monoisotopic (exact) mass is 416 g/mol. The number of nitrogens with one attached hydrogen (secondary N) is 1. The largest absolute Gasteiger partial charge is 0.493 e. The highest BCUT2D eigenvalue weighted by atomic mass is 35.5. The molecule has 0 aliphatic heterocycles. The number of hydrogen-bond donors (Lipinski definition) is 1. The number of hydrogen-bond acceptors (Lipinski definition) is 5. The van der Waals surface area contributed by atoms with Crippen LogP contribution in [0.25, 0.3) is 10.6 Å². The van der Waals surface area contributed by atoms with E-state index in [-0.39, 0.29) is 12.3 Å². The van der Waals surface area contributed by atoms with E-state index in [2.05, 4.69) is 10.3 Å². The van der Waals surface area contributed by atoms with Crippen LogP contribution in [0.2, 0.25) is 5.02 Å². The van der Waals surface area contributed by atoms with Gasteiger partial charge in [0.2, 0.25) is 5.91 Å². The third kappa shape index (κ3) is 5.24. The predicted molar refractivity (Wildman–Crippen MR) is 113 cm³/mol. The maximum atomic E-state index is 12.2. The summed E-state index contributed by atoms with van der Waals surface area (Å²) in [4.78, 5) is 16.8. The lowest BCUT2D eigenvalue weighted by Crippen LogP contribution is -2.27. The molecule has 1 heterocycles. The van der Waals surface area contributed by atoms with E-state index in [1.165, 1.54) is 0 Å². The van der Waals surface area contributed by atoms with Crippen LogP contribution in [-0.2, 0) is 17.6 Å². The van der Waals surface area contributed by atoms with Crippen molar-refractivity contribution in [1.29, 1.82) is 0 Å². The van der Waals surface area contributed by atoms with Gasteiger partial charge in [-0.25, -0.2) is 4.98 Å². The predicted octanol–water partition coefficient (Wildman–Crippen LogP) is 4.38. The summed E-state index contributed by atoms with van der Waals surface area (Å²) in [6.45, 7) is 0.538. The second-order valence-electron chi connectivity index (χ2n) is 6.12. The molecule has 0 spiro atoms. The Hall–Kier alpha value is -2.57. The number of carbonyl (C=O) groups is 1. The van der Waals surface area contributed by atoms with E-state index in [0.717, 1.165) is 21.8 Å². The Bertz CT molecular complexity index is 941. The molecule has 0 atom stereocenters. The minimum absolute atomic E-state index is 0.0413. The fourth-order valence-electron chi connectivity index (χ4n) is 2.72. The topological polar surface area (TPSA) is 60.5 Å². The van der Waals surface area contributed by atoms with Gasteiger partial charge in [0.25, 0.3) is 0 Å². The van der Waals surface area contributed by atoms with Crippen molar-refractivity contribution in [2.75, 3.05) is 20.8 Å². The molecule has 146 valence electrons. The van der Waals surface area contributed by atoms with Gasteiger partial charge in [0.1, 0.15) is 5.01 Å². The average Bonchev–Trinajstić information content (AvgIpc) is 3.17. The molecule has 0 fully saturated rings. The van der Waals surface area contributed by atoms with Crippen molar-refractivity contribution in [3.8, 4) is 22.1 Å². The van der Waals surface area contributed by atoms with Crippen LogP contribution in [0.4, 0.5) is 0 Å². The van der Waals surface area contributed by atoms with Gasteiger partial charge in [-0.15, -0.1) is 11.3 Å². The fourth-order valence-corrected chi connectivity index (χ4v) is 3.70.